The number of nitrogens with zero attached hydrogens (tertiary/aromatic N) is 5. The van der Waals surface area contributed by atoms with E-state index in [0.29, 0.717) is 60.0 Å². The zero-order chi connectivity index (χ0) is 39.5. The van der Waals surface area contributed by atoms with Crippen LogP contribution >= 0.6 is 11.6 Å². The highest BCUT2D eigenvalue weighted by Crippen LogP contribution is 2.34. The van der Waals surface area contributed by atoms with Crippen LogP contribution in [0, 0.1) is 11.3 Å². The average molecular weight is 790 g/mol. The van der Waals surface area contributed by atoms with Gasteiger partial charge in [0.15, 0.2) is 0 Å². The number of anilines is 1. The second-order valence-corrected chi connectivity index (χ2v) is 16.2. The van der Waals surface area contributed by atoms with Crippen molar-refractivity contribution in [3.8, 4) is 11.8 Å². The van der Waals surface area contributed by atoms with Gasteiger partial charge in [-0.2, -0.15) is 5.26 Å². The minimum atomic E-state index is -0.380. The Bertz CT molecular complexity index is 2190. The van der Waals surface area contributed by atoms with Crippen LogP contribution < -0.4 is 20.3 Å². The van der Waals surface area contributed by atoms with Crippen molar-refractivity contribution in [2.75, 3.05) is 44.2 Å². The fourth-order valence-corrected chi connectivity index (χ4v) is 9.22. The number of nitriles is 1. The molecule has 12 nitrogen and oxygen atoms in total. The second-order valence-electron chi connectivity index (χ2n) is 15.8. The maximum atomic E-state index is 13.5. The number of fused-ring (bicyclic) bond motifs is 1. The predicted molar refractivity (Wildman–Crippen MR) is 217 cm³/mol. The van der Waals surface area contributed by atoms with E-state index in [1.165, 1.54) is 0 Å². The Balaban J connectivity index is 0.776. The van der Waals surface area contributed by atoms with Crippen molar-refractivity contribution in [2.45, 2.75) is 81.9 Å². The number of amides is 5. The van der Waals surface area contributed by atoms with Gasteiger partial charge in [0.1, 0.15) is 11.8 Å². The summed E-state index contributed by atoms with van der Waals surface area (Å²) in [5, 5.41) is 16.1. The number of nitrogens with one attached hydrogen (secondary N) is 2. The summed E-state index contributed by atoms with van der Waals surface area (Å²) in [6.45, 7) is 3.87. The van der Waals surface area contributed by atoms with E-state index >= 15 is 0 Å². The summed E-state index contributed by atoms with van der Waals surface area (Å²) in [7, 11) is 0. The zero-order valence-electron chi connectivity index (χ0n) is 32.0. The number of hydrogen-bond donors (Lipinski definition) is 2. The predicted octanol–water partition coefficient (Wildman–Crippen LogP) is 6.78. The second kappa shape index (κ2) is 17.0. The first-order valence-corrected chi connectivity index (χ1v) is 20.6. The third kappa shape index (κ3) is 8.65. The molecule has 0 unspecified atom stereocenters. The van der Waals surface area contributed by atoms with E-state index in [9.17, 15) is 19.2 Å². The number of hydrogen-bond acceptors (Lipinski definition) is 7. The summed E-state index contributed by atoms with van der Waals surface area (Å²) in [5.41, 5.74) is 4.12. The van der Waals surface area contributed by atoms with Crippen LogP contribution in [-0.2, 0) is 9.59 Å². The van der Waals surface area contributed by atoms with Gasteiger partial charge in [-0.25, -0.2) is 4.79 Å². The summed E-state index contributed by atoms with van der Waals surface area (Å²) in [4.78, 5) is 56.9. The van der Waals surface area contributed by atoms with Gasteiger partial charge in [-0.15, -0.1) is 0 Å². The van der Waals surface area contributed by atoms with Crippen LogP contribution in [0.2, 0.25) is 5.02 Å². The summed E-state index contributed by atoms with van der Waals surface area (Å²) in [6.07, 6.45) is 9.29. The van der Waals surface area contributed by atoms with Crippen molar-refractivity contribution < 1.29 is 23.9 Å². The molecule has 3 aliphatic heterocycles. The SMILES string of the molecule is N#Cc1ccc(OC2CCC(NC(=O)c3cccc(C4CCN(C(=O)CN5CCC(n6ccc7c(N8CCC(=O)NC8=O)cccc76)CC5)CC4)c3)CC2)cc1Cl. The molecule has 0 atom stereocenters. The number of carbonyl (C=O) groups excluding carboxylic acids is 4. The summed E-state index contributed by atoms with van der Waals surface area (Å²) >= 11 is 6.17. The molecule has 4 aromatic rings. The normalized spacial score (nSPS) is 21.3. The number of carbonyl (C=O) groups is 4. The molecule has 4 fully saturated rings. The van der Waals surface area contributed by atoms with E-state index < -0.39 is 0 Å². The number of likely N-dealkylation sites (tertiary alicyclic amines) is 2. The Morgan fingerprint density at radius 3 is 2.39 bits per heavy atom. The Kier molecular flexibility index (Phi) is 11.5. The number of ether oxygens (including phenoxy) is 1. The molecule has 1 aliphatic carbocycles. The van der Waals surface area contributed by atoms with Gasteiger partial charge in [-0.3, -0.25) is 29.5 Å². The molecule has 1 saturated carbocycles. The first kappa shape index (κ1) is 38.5. The van der Waals surface area contributed by atoms with Gasteiger partial charge < -0.3 is 19.5 Å². The molecule has 1 aromatic heterocycles. The van der Waals surface area contributed by atoms with Crippen LogP contribution in [0.4, 0.5) is 10.5 Å². The number of piperidine rings is 2. The van der Waals surface area contributed by atoms with Gasteiger partial charge in [0.25, 0.3) is 5.91 Å². The molecule has 3 aromatic carbocycles. The van der Waals surface area contributed by atoms with Crippen molar-refractivity contribution in [1.29, 1.82) is 5.26 Å². The van der Waals surface area contributed by atoms with Gasteiger partial charge in [0, 0.05) is 74.4 Å². The maximum Gasteiger partial charge on any atom is 0.328 e. The van der Waals surface area contributed by atoms with Crippen LogP contribution in [0.15, 0.2) is 72.9 Å². The van der Waals surface area contributed by atoms with Crippen molar-refractivity contribution in [1.82, 2.24) is 25.0 Å². The van der Waals surface area contributed by atoms with Crippen molar-refractivity contribution >= 4 is 51.9 Å². The minimum Gasteiger partial charge on any atom is -0.490 e. The van der Waals surface area contributed by atoms with Gasteiger partial charge in [-0.1, -0.05) is 29.8 Å². The molecule has 4 heterocycles. The van der Waals surface area contributed by atoms with E-state index in [-0.39, 0.29) is 42.3 Å². The molecule has 8 rings (SSSR count). The van der Waals surface area contributed by atoms with Crippen LogP contribution in [0.3, 0.4) is 0 Å². The Morgan fingerprint density at radius 2 is 1.65 bits per heavy atom. The molecule has 0 radical (unpaired) electrons. The highest BCUT2D eigenvalue weighted by Gasteiger charge is 2.30. The number of urea groups is 1. The number of halogens is 1. The van der Waals surface area contributed by atoms with Crippen molar-refractivity contribution in [2.24, 2.45) is 0 Å². The maximum absolute atomic E-state index is 13.5. The van der Waals surface area contributed by atoms with E-state index in [1.54, 1.807) is 23.1 Å². The number of benzene rings is 3. The highest BCUT2D eigenvalue weighted by atomic mass is 35.5. The van der Waals surface area contributed by atoms with Crippen LogP contribution in [0.25, 0.3) is 10.9 Å². The van der Waals surface area contributed by atoms with Crippen molar-refractivity contribution in [3.63, 3.8) is 0 Å². The van der Waals surface area contributed by atoms with Crippen molar-refractivity contribution in [3.05, 3.63) is 94.6 Å². The molecule has 0 spiro atoms. The summed E-state index contributed by atoms with van der Waals surface area (Å²) in [6, 6.07) is 23.2. The summed E-state index contributed by atoms with van der Waals surface area (Å²) < 4.78 is 8.42. The summed E-state index contributed by atoms with van der Waals surface area (Å²) in [5.74, 6) is 0.825. The topological polar surface area (TPSA) is 140 Å². The number of rotatable bonds is 9. The lowest BCUT2D eigenvalue weighted by atomic mass is 9.88. The Labute approximate surface area is 337 Å². The lowest BCUT2D eigenvalue weighted by Gasteiger charge is -2.36. The average Bonchev–Trinajstić information content (AvgIpc) is 3.67. The molecular formula is C44H48ClN7O5. The Morgan fingerprint density at radius 1 is 0.877 bits per heavy atom. The highest BCUT2D eigenvalue weighted by molar-refractivity contribution is 6.31. The largest absolute Gasteiger partial charge is 0.490 e. The van der Waals surface area contributed by atoms with E-state index in [1.807, 2.05) is 35.2 Å². The molecule has 13 heteroatoms. The third-order valence-electron chi connectivity index (χ3n) is 12.2. The molecule has 4 aliphatic rings. The lowest BCUT2D eigenvalue weighted by molar-refractivity contribution is -0.133. The molecule has 2 N–H and O–H groups in total. The molecule has 5 amide bonds. The fourth-order valence-electron chi connectivity index (χ4n) is 9.01. The van der Waals surface area contributed by atoms with E-state index in [2.05, 4.69) is 50.6 Å². The quantitative estimate of drug-likeness (QED) is 0.191. The van der Waals surface area contributed by atoms with E-state index in [4.69, 9.17) is 21.6 Å². The standard InChI is InChI=1S/C44H48ClN7O5/c45-38-26-36(10-7-32(38)27-46)57-35-11-8-33(9-12-35)47-43(55)31-4-1-3-30(25-31)29-13-21-50(22-14-29)42(54)28-49-19-15-34(16-20-49)51-23-17-37-39(51)5-2-6-40(37)52-24-18-41(53)48-44(52)56/h1-7,10,17,23,25-26,29,33-35H,8-9,11-16,18-22,24,28H2,(H,47,55)(H,48,53,56). The van der Waals surface area contributed by atoms with Crippen LogP contribution in [0.1, 0.15) is 91.2 Å². The van der Waals surface area contributed by atoms with Gasteiger partial charge >= 0.3 is 6.03 Å². The minimum absolute atomic E-state index is 0.0377. The smallest absolute Gasteiger partial charge is 0.328 e. The molecule has 296 valence electrons. The van der Waals surface area contributed by atoms with E-state index in [0.717, 1.165) is 86.6 Å². The van der Waals surface area contributed by atoms with Gasteiger partial charge in [0.2, 0.25) is 11.8 Å². The van der Waals surface area contributed by atoms with Crippen LogP contribution in [0.5, 0.6) is 5.75 Å². The van der Waals surface area contributed by atoms with Gasteiger partial charge in [0.05, 0.1) is 34.4 Å². The fraction of sp³-hybridized carbons (Fsp3) is 0.432. The Hall–Kier alpha value is -5.38. The molecule has 0 bridgehead atoms. The first-order valence-electron chi connectivity index (χ1n) is 20.2. The number of aromatic nitrogens is 1. The van der Waals surface area contributed by atoms with Crippen LogP contribution in [-0.4, -0.2) is 89.5 Å². The number of imide groups is 1. The van der Waals surface area contributed by atoms with Gasteiger partial charge in [-0.05, 0) is 105 Å². The molecule has 3 saturated heterocycles. The molecule has 57 heavy (non-hydrogen) atoms. The zero-order valence-corrected chi connectivity index (χ0v) is 32.8. The molecular weight excluding hydrogens is 742 g/mol. The monoisotopic (exact) mass is 789 g/mol. The first-order chi connectivity index (χ1) is 27.7. The third-order valence-corrected chi connectivity index (χ3v) is 12.5. The lowest BCUT2D eigenvalue weighted by Crippen LogP contribution is -2.49.